The summed E-state index contributed by atoms with van der Waals surface area (Å²) in [6.45, 7) is 1.83. The van der Waals surface area contributed by atoms with E-state index in [1.54, 1.807) is 6.92 Å². The minimum absolute atomic E-state index is 0.164. The molecule has 4 aliphatic rings. The van der Waals surface area contributed by atoms with Gasteiger partial charge in [0.2, 0.25) is 5.95 Å². The highest BCUT2D eigenvalue weighted by molar-refractivity contribution is 5.87. The second-order valence-electron chi connectivity index (χ2n) is 7.48. The number of halogens is 1. The van der Waals surface area contributed by atoms with E-state index in [0.29, 0.717) is 17.8 Å². The average Bonchev–Trinajstić information content (AvgIpc) is 2.51. The van der Waals surface area contributed by atoms with E-state index >= 15 is 0 Å². The number of ether oxygens (including phenoxy) is 1. The Bertz CT molecular complexity index is 652. The van der Waals surface area contributed by atoms with Crippen molar-refractivity contribution >= 4 is 11.9 Å². The van der Waals surface area contributed by atoms with Crippen LogP contribution >= 0.6 is 0 Å². The molecule has 2 unspecified atom stereocenters. The van der Waals surface area contributed by atoms with Gasteiger partial charge in [0.1, 0.15) is 0 Å². The second kappa shape index (κ2) is 5.65. The van der Waals surface area contributed by atoms with Crippen LogP contribution in [0.15, 0.2) is 6.20 Å². The van der Waals surface area contributed by atoms with Crippen LogP contribution in [-0.4, -0.2) is 39.3 Å². The summed E-state index contributed by atoms with van der Waals surface area (Å²) in [5.74, 6) is 0.0545. The molecule has 0 radical (unpaired) electrons. The number of carbonyl (C=O) groups is 1. The van der Waals surface area contributed by atoms with Crippen LogP contribution in [0.2, 0.25) is 0 Å². The largest absolute Gasteiger partial charge is 0.461 e. The molecule has 5 rings (SSSR count). The molecule has 7 heteroatoms. The molecule has 1 aromatic heterocycles. The summed E-state index contributed by atoms with van der Waals surface area (Å²) in [7, 11) is 0. The van der Waals surface area contributed by atoms with Crippen LogP contribution in [0.5, 0.6) is 0 Å². The van der Waals surface area contributed by atoms with Crippen LogP contribution < -0.4 is 5.32 Å². The summed E-state index contributed by atoms with van der Waals surface area (Å²) in [5, 5.41) is 13.9. The Morgan fingerprint density at radius 3 is 2.75 bits per heavy atom. The molecule has 0 aliphatic heterocycles. The fraction of sp³-hybridized carbons (Fsp3) is 0.706. The second-order valence-corrected chi connectivity index (χ2v) is 7.48. The summed E-state index contributed by atoms with van der Waals surface area (Å²) in [6.07, 6.45) is 5.72. The zero-order valence-corrected chi connectivity index (χ0v) is 13.7. The van der Waals surface area contributed by atoms with E-state index in [1.807, 2.05) is 0 Å². The first-order valence-electron chi connectivity index (χ1n) is 8.66. The third-order valence-electron chi connectivity index (χ3n) is 5.75. The molecule has 0 aromatic carbocycles. The number of rotatable bonds is 4. The van der Waals surface area contributed by atoms with Crippen molar-refractivity contribution in [3.63, 3.8) is 0 Å². The highest BCUT2D eigenvalue weighted by Gasteiger charge is 2.54. The summed E-state index contributed by atoms with van der Waals surface area (Å²) in [5.41, 5.74) is -0.842. The molecular formula is C17H22FN3O3. The molecule has 2 N–H and O–H groups in total. The molecule has 4 bridgehead atoms. The highest BCUT2D eigenvalue weighted by Crippen LogP contribution is 2.56. The summed E-state index contributed by atoms with van der Waals surface area (Å²) < 4.78 is 18.6. The molecule has 2 atom stereocenters. The van der Waals surface area contributed by atoms with Gasteiger partial charge >= 0.3 is 5.97 Å². The molecule has 1 aromatic rings. The molecule has 0 spiro atoms. The number of hydrogen-bond donors (Lipinski definition) is 2. The number of carbonyl (C=O) groups excluding carboxylic acids is 1. The number of nitrogens with zero attached hydrogens (tertiary/aromatic N) is 2. The molecule has 24 heavy (non-hydrogen) atoms. The van der Waals surface area contributed by atoms with Crippen molar-refractivity contribution < 1.29 is 19.0 Å². The van der Waals surface area contributed by atoms with Crippen molar-refractivity contribution in [2.24, 2.45) is 17.8 Å². The Kier molecular flexibility index (Phi) is 3.71. The monoisotopic (exact) mass is 335 g/mol. The van der Waals surface area contributed by atoms with Gasteiger partial charge in [-0.1, -0.05) is 0 Å². The zero-order valence-electron chi connectivity index (χ0n) is 13.7. The zero-order chi connectivity index (χ0) is 16.9. The lowest BCUT2D eigenvalue weighted by atomic mass is 9.52. The minimum atomic E-state index is -0.779. The molecular weight excluding hydrogens is 313 g/mol. The van der Waals surface area contributed by atoms with E-state index < -0.39 is 17.4 Å². The van der Waals surface area contributed by atoms with Crippen molar-refractivity contribution in [2.45, 2.75) is 50.7 Å². The molecule has 1 heterocycles. The van der Waals surface area contributed by atoms with Crippen LogP contribution in [-0.2, 0) is 4.74 Å². The number of aliphatic hydroxyl groups is 1. The predicted molar refractivity (Wildman–Crippen MR) is 83.9 cm³/mol. The maximum atomic E-state index is 13.8. The van der Waals surface area contributed by atoms with E-state index in [1.165, 1.54) is 0 Å². The maximum Gasteiger partial charge on any atom is 0.360 e. The number of aromatic nitrogens is 2. The smallest absolute Gasteiger partial charge is 0.360 e. The molecule has 4 aliphatic carbocycles. The third kappa shape index (κ3) is 2.64. The Morgan fingerprint density at radius 1 is 1.42 bits per heavy atom. The Labute approximate surface area is 139 Å². The summed E-state index contributed by atoms with van der Waals surface area (Å²) in [6, 6.07) is 0.169. The Hall–Kier alpha value is -1.76. The van der Waals surface area contributed by atoms with Crippen LogP contribution in [0, 0.1) is 23.6 Å². The average molecular weight is 335 g/mol. The molecule has 0 saturated heterocycles. The lowest BCUT2D eigenvalue weighted by Gasteiger charge is -2.58. The van der Waals surface area contributed by atoms with Gasteiger partial charge in [-0.15, -0.1) is 0 Å². The topological polar surface area (TPSA) is 84.3 Å². The molecule has 4 saturated carbocycles. The fourth-order valence-corrected chi connectivity index (χ4v) is 5.15. The van der Waals surface area contributed by atoms with Crippen molar-refractivity contribution in [1.29, 1.82) is 0 Å². The predicted octanol–water partition coefficient (Wildman–Crippen LogP) is 2.14. The number of anilines is 1. The van der Waals surface area contributed by atoms with Gasteiger partial charge in [-0.25, -0.2) is 19.2 Å². The van der Waals surface area contributed by atoms with Gasteiger partial charge < -0.3 is 15.2 Å². The quantitative estimate of drug-likeness (QED) is 0.820. The highest BCUT2D eigenvalue weighted by atomic mass is 19.1. The van der Waals surface area contributed by atoms with Crippen molar-refractivity contribution in [2.75, 3.05) is 11.9 Å². The van der Waals surface area contributed by atoms with Crippen LogP contribution in [0.25, 0.3) is 0 Å². The van der Waals surface area contributed by atoms with Gasteiger partial charge in [0, 0.05) is 6.04 Å². The first-order valence-corrected chi connectivity index (χ1v) is 8.66. The minimum Gasteiger partial charge on any atom is -0.461 e. The van der Waals surface area contributed by atoms with Gasteiger partial charge in [-0.2, -0.15) is 0 Å². The van der Waals surface area contributed by atoms with Gasteiger partial charge in [0.15, 0.2) is 11.5 Å². The van der Waals surface area contributed by atoms with E-state index in [0.717, 1.165) is 38.3 Å². The molecule has 4 fully saturated rings. The Morgan fingerprint density at radius 2 is 2.12 bits per heavy atom. The van der Waals surface area contributed by atoms with E-state index in [-0.39, 0.29) is 24.3 Å². The summed E-state index contributed by atoms with van der Waals surface area (Å²) in [4.78, 5) is 19.8. The van der Waals surface area contributed by atoms with Crippen molar-refractivity contribution in [1.82, 2.24) is 9.97 Å². The van der Waals surface area contributed by atoms with Gasteiger partial charge in [0.05, 0.1) is 18.4 Å². The maximum absolute atomic E-state index is 13.8. The number of nitrogens with one attached hydrogen (secondary N) is 1. The van der Waals surface area contributed by atoms with Crippen LogP contribution in [0.3, 0.4) is 0 Å². The third-order valence-corrected chi connectivity index (χ3v) is 5.75. The lowest BCUT2D eigenvalue weighted by molar-refractivity contribution is -0.129. The van der Waals surface area contributed by atoms with Crippen LogP contribution in [0.4, 0.5) is 10.3 Å². The van der Waals surface area contributed by atoms with E-state index in [2.05, 4.69) is 15.3 Å². The standard InChI is InChI=1S/C17H22FN3O3/c1-2-24-15(22)14-12(18)8-19-16(21-14)20-13-10-3-9-4-11(13)7-17(23,5-9)6-10/h8-11,13,23H,2-7H2,1H3,(H,19,20,21). The first kappa shape index (κ1) is 15.7. The molecule has 6 nitrogen and oxygen atoms in total. The molecule has 0 amide bonds. The normalized spacial score (nSPS) is 36.6. The van der Waals surface area contributed by atoms with Gasteiger partial charge in [-0.05, 0) is 56.8 Å². The van der Waals surface area contributed by atoms with E-state index in [4.69, 9.17) is 4.74 Å². The van der Waals surface area contributed by atoms with Crippen molar-refractivity contribution in [3.05, 3.63) is 17.7 Å². The number of hydrogen-bond acceptors (Lipinski definition) is 6. The first-order chi connectivity index (χ1) is 11.5. The SMILES string of the molecule is CCOC(=O)c1nc(NC2C3CC4CC2CC(O)(C4)C3)ncc1F. The van der Waals surface area contributed by atoms with Gasteiger partial charge in [0.25, 0.3) is 0 Å². The van der Waals surface area contributed by atoms with E-state index in [9.17, 15) is 14.3 Å². The Balaban J connectivity index is 1.54. The summed E-state index contributed by atoms with van der Waals surface area (Å²) >= 11 is 0. The van der Waals surface area contributed by atoms with Crippen molar-refractivity contribution in [3.8, 4) is 0 Å². The lowest BCUT2D eigenvalue weighted by Crippen LogP contribution is -2.59. The van der Waals surface area contributed by atoms with Crippen LogP contribution in [0.1, 0.15) is 49.5 Å². The fourth-order valence-electron chi connectivity index (χ4n) is 5.15. The van der Waals surface area contributed by atoms with Gasteiger partial charge in [-0.3, -0.25) is 0 Å². The number of esters is 1. The molecule has 130 valence electrons.